The minimum Gasteiger partial charge on any atom is -0.444 e. The monoisotopic (exact) mass is 498 g/mol. The smallest absolute Gasteiger partial charge is 0.413 e. The van der Waals surface area contributed by atoms with Crippen molar-refractivity contribution in [1.82, 2.24) is 15.6 Å². The van der Waals surface area contributed by atoms with Crippen molar-refractivity contribution in [2.45, 2.75) is 57.3 Å². The van der Waals surface area contributed by atoms with Crippen molar-refractivity contribution < 1.29 is 18.7 Å². The van der Waals surface area contributed by atoms with Crippen molar-refractivity contribution in [3.63, 3.8) is 0 Å². The van der Waals surface area contributed by atoms with Crippen LogP contribution in [0.3, 0.4) is 0 Å². The molecule has 3 atom stereocenters. The number of halogens is 2. The molecule has 1 heterocycles. The zero-order valence-electron chi connectivity index (χ0n) is 19.4. The predicted octanol–water partition coefficient (Wildman–Crippen LogP) is 5.18. The van der Waals surface area contributed by atoms with Crippen LogP contribution < -0.4 is 16.0 Å². The van der Waals surface area contributed by atoms with Crippen molar-refractivity contribution in [2.75, 3.05) is 5.32 Å². The van der Waals surface area contributed by atoms with E-state index in [1.807, 2.05) is 24.3 Å². The van der Waals surface area contributed by atoms with Crippen LogP contribution in [0.25, 0.3) is 10.8 Å². The molecule has 0 spiro atoms. The third kappa shape index (κ3) is 6.46. The number of fused-ring (bicyclic) bond motifs is 1. The molecule has 7 nitrogen and oxygen atoms in total. The minimum atomic E-state index is -0.606. The maximum Gasteiger partial charge on any atom is 0.413 e. The number of hydrogen-bond acceptors (Lipinski definition) is 5. The van der Waals surface area contributed by atoms with Crippen molar-refractivity contribution in [1.29, 1.82) is 0 Å². The van der Waals surface area contributed by atoms with Crippen molar-refractivity contribution in [2.24, 2.45) is 0 Å². The van der Waals surface area contributed by atoms with Gasteiger partial charge in [-0.25, -0.2) is 14.2 Å². The van der Waals surface area contributed by atoms with Gasteiger partial charge in [0.15, 0.2) is 0 Å². The number of benzene rings is 2. The number of ether oxygens (including phenoxy) is 1. The topological polar surface area (TPSA) is 92.4 Å². The summed E-state index contributed by atoms with van der Waals surface area (Å²) in [6.07, 6.45) is 3.85. The molecule has 1 aliphatic carbocycles. The molecule has 0 radical (unpaired) electrons. The van der Waals surface area contributed by atoms with Crippen LogP contribution in [0.2, 0.25) is 5.02 Å². The average molecular weight is 499 g/mol. The first-order valence-electron chi connectivity index (χ1n) is 11.7. The average Bonchev–Trinajstić information content (AvgIpc) is 2.85. The summed E-state index contributed by atoms with van der Waals surface area (Å²) >= 11 is 5.99. The highest BCUT2D eigenvalue weighted by atomic mass is 35.5. The molecule has 3 N–H and O–H groups in total. The maximum absolute atomic E-state index is 13.6. The lowest BCUT2D eigenvalue weighted by molar-refractivity contribution is -0.124. The Morgan fingerprint density at radius 1 is 1.14 bits per heavy atom. The van der Waals surface area contributed by atoms with Gasteiger partial charge < -0.3 is 15.4 Å². The predicted molar refractivity (Wildman–Crippen MR) is 134 cm³/mol. The first kappa shape index (κ1) is 24.9. The molecule has 2 amide bonds. The lowest BCUT2D eigenvalue weighted by atomic mass is 9.92. The lowest BCUT2D eigenvalue weighted by Gasteiger charge is -2.32. The standard InChI is InChI=1S/C26H28ClFN4O3/c1-16(29-15-19-9-6-10-20(28)24(19)27)25(33)31-21-11-4-5-12-22(21)35-26(34)32-23-13-17-7-2-3-8-18(17)14-30-23/h2-3,6-10,13-14,16,21-22,29H,4-5,11-12,15H2,1H3,(H,31,33)(H,30,32,34)/t16?,21-,22-/m1/s1. The van der Waals surface area contributed by atoms with Crippen LogP contribution in [-0.2, 0) is 16.1 Å². The Morgan fingerprint density at radius 3 is 2.74 bits per heavy atom. The Balaban J connectivity index is 1.31. The summed E-state index contributed by atoms with van der Waals surface area (Å²) < 4.78 is 19.3. The fourth-order valence-corrected chi connectivity index (χ4v) is 4.37. The van der Waals surface area contributed by atoms with Crippen LogP contribution >= 0.6 is 11.6 Å². The molecule has 2 aromatic carbocycles. The number of rotatable bonds is 7. The second-order valence-corrected chi connectivity index (χ2v) is 9.08. The highest BCUT2D eigenvalue weighted by Gasteiger charge is 2.31. The second-order valence-electron chi connectivity index (χ2n) is 8.70. The molecule has 35 heavy (non-hydrogen) atoms. The summed E-state index contributed by atoms with van der Waals surface area (Å²) in [4.78, 5) is 29.6. The van der Waals surface area contributed by atoms with Crippen LogP contribution in [-0.4, -0.2) is 35.2 Å². The summed E-state index contributed by atoms with van der Waals surface area (Å²) in [6, 6.07) is 13.2. The second kappa shape index (κ2) is 11.5. The van der Waals surface area contributed by atoms with Gasteiger partial charge in [0.2, 0.25) is 5.91 Å². The molecule has 184 valence electrons. The van der Waals surface area contributed by atoms with Crippen LogP contribution in [0.15, 0.2) is 54.7 Å². The van der Waals surface area contributed by atoms with Gasteiger partial charge in [0.25, 0.3) is 0 Å². The molecule has 1 fully saturated rings. The minimum absolute atomic E-state index is 0.0419. The Morgan fingerprint density at radius 2 is 1.91 bits per heavy atom. The third-order valence-corrected chi connectivity index (χ3v) is 6.60. The number of aromatic nitrogens is 1. The molecule has 1 unspecified atom stereocenters. The zero-order valence-corrected chi connectivity index (χ0v) is 20.1. The van der Waals surface area contributed by atoms with Gasteiger partial charge in [0.1, 0.15) is 17.7 Å². The highest BCUT2D eigenvalue weighted by molar-refractivity contribution is 6.31. The van der Waals surface area contributed by atoms with E-state index in [0.717, 1.165) is 23.6 Å². The van der Waals surface area contributed by atoms with Crippen LogP contribution in [0, 0.1) is 5.82 Å². The van der Waals surface area contributed by atoms with Crippen molar-refractivity contribution in [3.05, 3.63) is 71.1 Å². The molecule has 4 rings (SSSR count). The van der Waals surface area contributed by atoms with E-state index in [1.165, 1.54) is 6.07 Å². The van der Waals surface area contributed by atoms with Gasteiger partial charge in [0.05, 0.1) is 17.1 Å². The Hall–Kier alpha value is -3.23. The number of hydrogen-bond donors (Lipinski definition) is 3. The van der Waals surface area contributed by atoms with Gasteiger partial charge in [0, 0.05) is 18.1 Å². The molecule has 0 bridgehead atoms. The van der Waals surface area contributed by atoms with Crippen LogP contribution in [0.4, 0.5) is 15.0 Å². The van der Waals surface area contributed by atoms with E-state index in [9.17, 15) is 14.0 Å². The number of carbonyl (C=O) groups is 2. The molecule has 1 saturated carbocycles. The molecule has 1 aliphatic rings. The number of anilines is 1. The van der Waals surface area contributed by atoms with E-state index >= 15 is 0 Å². The number of nitrogens with one attached hydrogen (secondary N) is 3. The fraction of sp³-hybridized carbons (Fsp3) is 0.346. The SMILES string of the molecule is CC(NCc1cccc(F)c1Cl)C(=O)N[C@@H]1CCCC[C@H]1OC(=O)Nc1cc2ccccc2cn1. The van der Waals surface area contributed by atoms with Gasteiger partial charge in [-0.1, -0.05) is 54.4 Å². The number of carbonyl (C=O) groups excluding carboxylic acids is 2. The first-order chi connectivity index (χ1) is 16.9. The van der Waals surface area contributed by atoms with E-state index < -0.39 is 24.1 Å². The van der Waals surface area contributed by atoms with E-state index in [2.05, 4.69) is 20.9 Å². The molecule has 3 aromatic rings. The highest BCUT2D eigenvalue weighted by Crippen LogP contribution is 2.23. The largest absolute Gasteiger partial charge is 0.444 e. The molecule has 1 aromatic heterocycles. The molecule has 9 heteroatoms. The van der Waals surface area contributed by atoms with Gasteiger partial charge >= 0.3 is 6.09 Å². The maximum atomic E-state index is 13.6. The Kier molecular flexibility index (Phi) is 8.15. The zero-order chi connectivity index (χ0) is 24.8. The van der Waals surface area contributed by atoms with E-state index in [1.54, 1.807) is 31.3 Å². The van der Waals surface area contributed by atoms with Gasteiger partial charge in [-0.2, -0.15) is 0 Å². The van der Waals surface area contributed by atoms with Gasteiger partial charge in [-0.15, -0.1) is 0 Å². The van der Waals surface area contributed by atoms with Gasteiger partial charge in [-0.3, -0.25) is 10.1 Å². The fourth-order valence-electron chi connectivity index (χ4n) is 4.17. The summed E-state index contributed by atoms with van der Waals surface area (Å²) in [5.74, 6) is -0.323. The molecule has 0 saturated heterocycles. The number of amides is 2. The van der Waals surface area contributed by atoms with E-state index in [0.29, 0.717) is 24.2 Å². The summed E-state index contributed by atoms with van der Waals surface area (Å²) in [5.41, 5.74) is 0.573. The summed E-state index contributed by atoms with van der Waals surface area (Å²) in [7, 11) is 0. The summed E-state index contributed by atoms with van der Waals surface area (Å²) in [6.45, 7) is 1.97. The van der Waals surface area contributed by atoms with Crippen LogP contribution in [0.1, 0.15) is 38.2 Å². The third-order valence-electron chi connectivity index (χ3n) is 6.17. The number of nitrogens with zero attached hydrogens (tertiary/aromatic N) is 1. The quantitative estimate of drug-likeness (QED) is 0.417. The van der Waals surface area contributed by atoms with E-state index in [-0.39, 0.29) is 23.5 Å². The lowest BCUT2D eigenvalue weighted by Crippen LogP contribution is -2.52. The van der Waals surface area contributed by atoms with Crippen LogP contribution in [0.5, 0.6) is 0 Å². The van der Waals surface area contributed by atoms with Crippen molar-refractivity contribution >= 4 is 40.2 Å². The number of pyridine rings is 1. The first-order valence-corrected chi connectivity index (χ1v) is 12.1. The Bertz CT molecular complexity index is 1210. The molecular weight excluding hydrogens is 471 g/mol. The Labute approximate surface area is 208 Å². The normalized spacial score (nSPS) is 18.6. The molecule has 0 aliphatic heterocycles. The van der Waals surface area contributed by atoms with E-state index in [4.69, 9.17) is 16.3 Å². The summed E-state index contributed by atoms with van der Waals surface area (Å²) in [5, 5.41) is 10.7. The molecular formula is C26H28ClFN4O3. The van der Waals surface area contributed by atoms with Gasteiger partial charge in [-0.05, 0) is 49.3 Å². The van der Waals surface area contributed by atoms with Crippen molar-refractivity contribution in [3.8, 4) is 0 Å².